The van der Waals surface area contributed by atoms with Crippen molar-refractivity contribution in [2.45, 2.75) is 0 Å². The van der Waals surface area contributed by atoms with Gasteiger partial charge in [0.1, 0.15) is 0 Å². The first-order chi connectivity index (χ1) is 7.43. The van der Waals surface area contributed by atoms with Crippen LogP contribution in [0.5, 0.6) is 0 Å². The Morgan fingerprint density at radius 1 is 1.00 bits per heavy atom. The number of nitrogens with zero attached hydrogens (tertiary/aromatic N) is 2. The molecule has 0 spiro atoms. The maximum Gasteiger partial charge on any atom is 0.159 e. The summed E-state index contributed by atoms with van der Waals surface area (Å²) in [6.07, 6.45) is 5.43. The molecule has 0 fully saturated rings. The number of H-pyrrole nitrogens is 1. The van der Waals surface area contributed by atoms with Gasteiger partial charge in [-0.15, -0.1) is 0 Å². The van der Waals surface area contributed by atoms with Crippen LogP contribution in [0.3, 0.4) is 0 Å². The monoisotopic (exact) mass is 195 g/mol. The largest absolute Gasteiger partial charge is 0.361 e. The van der Waals surface area contributed by atoms with E-state index in [1.54, 1.807) is 12.4 Å². The number of hydrogen-bond donors (Lipinski definition) is 1. The maximum absolute atomic E-state index is 4.22. The third kappa shape index (κ3) is 1.38. The van der Waals surface area contributed by atoms with Gasteiger partial charge in [0.15, 0.2) is 5.82 Å². The summed E-state index contributed by atoms with van der Waals surface area (Å²) in [7, 11) is 0. The van der Waals surface area contributed by atoms with Gasteiger partial charge in [0.2, 0.25) is 0 Å². The predicted octanol–water partition coefficient (Wildman–Crippen LogP) is 2.62. The van der Waals surface area contributed by atoms with Gasteiger partial charge < -0.3 is 4.98 Å². The molecule has 0 saturated heterocycles. The highest BCUT2D eigenvalue weighted by Gasteiger charge is 2.01. The maximum atomic E-state index is 4.22. The summed E-state index contributed by atoms with van der Waals surface area (Å²) in [5.41, 5.74) is 2.14. The summed E-state index contributed by atoms with van der Waals surface area (Å²) in [4.78, 5) is 11.6. The van der Waals surface area contributed by atoms with Crippen LogP contribution in [0.2, 0.25) is 0 Å². The van der Waals surface area contributed by atoms with E-state index in [9.17, 15) is 0 Å². The number of rotatable bonds is 1. The van der Waals surface area contributed by atoms with Crippen LogP contribution in [0.25, 0.3) is 22.3 Å². The molecule has 0 radical (unpaired) electrons. The van der Waals surface area contributed by atoms with Crippen LogP contribution in [0.15, 0.2) is 48.9 Å². The van der Waals surface area contributed by atoms with Crippen LogP contribution in [0.4, 0.5) is 0 Å². The Hall–Kier alpha value is -2.16. The molecule has 0 amide bonds. The van der Waals surface area contributed by atoms with Crippen LogP contribution in [-0.2, 0) is 0 Å². The van der Waals surface area contributed by atoms with Gasteiger partial charge in [-0.25, -0.2) is 9.97 Å². The second-order valence-corrected chi connectivity index (χ2v) is 3.35. The van der Waals surface area contributed by atoms with Crippen molar-refractivity contribution in [1.29, 1.82) is 0 Å². The zero-order valence-corrected chi connectivity index (χ0v) is 8.01. The lowest BCUT2D eigenvalue weighted by molar-refractivity contribution is 1.18. The lowest BCUT2D eigenvalue weighted by Crippen LogP contribution is -1.86. The molecule has 72 valence electrons. The molecule has 0 aliphatic rings. The summed E-state index contributed by atoms with van der Waals surface area (Å²) >= 11 is 0. The quantitative estimate of drug-likeness (QED) is 0.648. The minimum Gasteiger partial charge on any atom is -0.361 e. The highest BCUT2D eigenvalue weighted by molar-refractivity contribution is 5.83. The van der Waals surface area contributed by atoms with Crippen LogP contribution in [-0.4, -0.2) is 15.0 Å². The van der Waals surface area contributed by atoms with E-state index < -0.39 is 0 Å². The molecule has 1 N–H and O–H groups in total. The van der Waals surface area contributed by atoms with E-state index in [2.05, 4.69) is 27.1 Å². The lowest BCUT2D eigenvalue weighted by atomic mass is 10.1. The van der Waals surface area contributed by atoms with E-state index in [1.807, 2.05) is 24.4 Å². The first-order valence-electron chi connectivity index (χ1n) is 4.78. The predicted molar refractivity (Wildman–Crippen MR) is 59.3 cm³/mol. The van der Waals surface area contributed by atoms with E-state index >= 15 is 0 Å². The molecule has 0 unspecified atom stereocenters. The van der Waals surface area contributed by atoms with Crippen LogP contribution >= 0.6 is 0 Å². The van der Waals surface area contributed by atoms with Crippen LogP contribution in [0.1, 0.15) is 0 Å². The van der Waals surface area contributed by atoms with Gasteiger partial charge in [0.25, 0.3) is 0 Å². The van der Waals surface area contributed by atoms with Crippen molar-refractivity contribution >= 4 is 10.9 Å². The smallest absolute Gasteiger partial charge is 0.159 e. The molecule has 3 aromatic rings. The molecule has 0 aliphatic heterocycles. The fourth-order valence-corrected chi connectivity index (χ4v) is 1.64. The minimum atomic E-state index is 0.758. The molecule has 0 aliphatic carbocycles. The zero-order chi connectivity index (χ0) is 10.1. The van der Waals surface area contributed by atoms with E-state index in [-0.39, 0.29) is 0 Å². The molecule has 3 rings (SSSR count). The Balaban J connectivity index is 2.19. The first-order valence-corrected chi connectivity index (χ1v) is 4.78. The highest BCUT2D eigenvalue weighted by atomic mass is 14.8. The van der Waals surface area contributed by atoms with Gasteiger partial charge in [0, 0.05) is 29.7 Å². The molecule has 2 aromatic heterocycles. The summed E-state index contributed by atoms with van der Waals surface area (Å²) in [6.45, 7) is 0. The molecule has 0 bridgehead atoms. The summed E-state index contributed by atoms with van der Waals surface area (Å²) in [6, 6.07) is 10.0. The lowest BCUT2D eigenvalue weighted by Gasteiger charge is -1.98. The number of aromatic amines is 1. The van der Waals surface area contributed by atoms with Crippen molar-refractivity contribution < 1.29 is 0 Å². The summed E-state index contributed by atoms with van der Waals surface area (Å²) in [5.74, 6) is 0.758. The standard InChI is InChI=1S/C12H9N3/c1-5-14-12(15-6-1)10-3-2-9-4-7-13-11(9)8-10/h1-8,13H. The second-order valence-electron chi connectivity index (χ2n) is 3.35. The highest BCUT2D eigenvalue weighted by Crippen LogP contribution is 2.20. The molecule has 15 heavy (non-hydrogen) atoms. The Kier molecular flexibility index (Phi) is 1.75. The van der Waals surface area contributed by atoms with Gasteiger partial charge in [-0.2, -0.15) is 0 Å². The van der Waals surface area contributed by atoms with Gasteiger partial charge in [-0.1, -0.05) is 12.1 Å². The Bertz CT molecular complexity index is 584. The fraction of sp³-hybridized carbons (Fsp3) is 0. The Morgan fingerprint density at radius 3 is 2.73 bits per heavy atom. The van der Waals surface area contributed by atoms with Crippen molar-refractivity contribution in [3.63, 3.8) is 0 Å². The number of fused-ring (bicyclic) bond motifs is 1. The van der Waals surface area contributed by atoms with Crippen LogP contribution in [0, 0.1) is 0 Å². The van der Waals surface area contributed by atoms with E-state index in [0.29, 0.717) is 0 Å². The zero-order valence-electron chi connectivity index (χ0n) is 8.01. The summed E-state index contributed by atoms with van der Waals surface area (Å²) in [5, 5.41) is 1.20. The average Bonchev–Trinajstić information content (AvgIpc) is 2.77. The summed E-state index contributed by atoms with van der Waals surface area (Å²) < 4.78 is 0. The minimum absolute atomic E-state index is 0.758. The molecule has 1 aromatic carbocycles. The normalized spacial score (nSPS) is 10.7. The molecule has 3 nitrogen and oxygen atoms in total. The van der Waals surface area contributed by atoms with Crippen molar-refractivity contribution in [3.05, 3.63) is 48.9 Å². The molecule has 2 heterocycles. The van der Waals surface area contributed by atoms with Gasteiger partial charge in [-0.05, 0) is 23.6 Å². The number of hydrogen-bond acceptors (Lipinski definition) is 2. The van der Waals surface area contributed by atoms with E-state index in [4.69, 9.17) is 0 Å². The number of nitrogens with one attached hydrogen (secondary N) is 1. The average molecular weight is 195 g/mol. The third-order valence-electron chi connectivity index (χ3n) is 2.38. The van der Waals surface area contributed by atoms with Gasteiger partial charge in [-0.3, -0.25) is 0 Å². The second kappa shape index (κ2) is 3.20. The van der Waals surface area contributed by atoms with E-state index in [1.165, 1.54) is 5.39 Å². The van der Waals surface area contributed by atoms with Gasteiger partial charge >= 0.3 is 0 Å². The van der Waals surface area contributed by atoms with Crippen molar-refractivity contribution in [3.8, 4) is 11.4 Å². The van der Waals surface area contributed by atoms with Crippen molar-refractivity contribution in [1.82, 2.24) is 15.0 Å². The van der Waals surface area contributed by atoms with E-state index in [0.717, 1.165) is 16.9 Å². The fourth-order valence-electron chi connectivity index (χ4n) is 1.64. The molecule has 0 atom stereocenters. The molecular weight excluding hydrogens is 186 g/mol. The number of aromatic nitrogens is 3. The topological polar surface area (TPSA) is 41.6 Å². The Morgan fingerprint density at radius 2 is 1.87 bits per heavy atom. The van der Waals surface area contributed by atoms with Gasteiger partial charge in [0.05, 0.1) is 0 Å². The molecular formula is C12H9N3. The Labute approximate surface area is 86.8 Å². The van der Waals surface area contributed by atoms with Crippen molar-refractivity contribution in [2.24, 2.45) is 0 Å². The van der Waals surface area contributed by atoms with Crippen molar-refractivity contribution in [2.75, 3.05) is 0 Å². The third-order valence-corrected chi connectivity index (χ3v) is 2.38. The number of benzene rings is 1. The molecule has 3 heteroatoms. The first kappa shape index (κ1) is 8.17. The SMILES string of the molecule is c1cnc(-c2ccc3cc[nH]c3c2)nc1. The molecule has 0 saturated carbocycles. The van der Waals surface area contributed by atoms with Crippen LogP contribution < -0.4 is 0 Å².